The first-order chi connectivity index (χ1) is 9.69. The largest absolute Gasteiger partial charge is 0.389 e. The highest BCUT2D eigenvalue weighted by molar-refractivity contribution is 5.02. The fraction of sp³-hybridized carbons (Fsp3) is 1.00. The van der Waals surface area contributed by atoms with Crippen molar-refractivity contribution in [2.24, 2.45) is 5.92 Å². The van der Waals surface area contributed by atoms with Crippen molar-refractivity contribution in [1.82, 2.24) is 4.90 Å². The van der Waals surface area contributed by atoms with Gasteiger partial charge in [-0.3, -0.25) is 0 Å². The van der Waals surface area contributed by atoms with Crippen molar-refractivity contribution in [2.45, 2.75) is 62.2 Å². The second kappa shape index (κ2) is 4.94. The molecule has 1 spiro atoms. The monoisotopic (exact) mass is 281 g/mol. The van der Waals surface area contributed by atoms with Crippen LogP contribution in [0, 0.1) is 5.92 Å². The third-order valence-electron chi connectivity index (χ3n) is 6.24. The molecule has 4 heteroatoms. The maximum atomic E-state index is 11.3. The number of ether oxygens (including phenoxy) is 2. The fourth-order valence-corrected chi connectivity index (χ4v) is 4.99. The summed E-state index contributed by atoms with van der Waals surface area (Å²) in [5.41, 5.74) is -0.531. The molecule has 4 saturated heterocycles. The molecule has 0 aromatic carbocycles. The molecule has 0 aliphatic carbocycles. The van der Waals surface area contributed by atoms with Crippen LogP contribution < -0.4 is 0 Å². The normalized spacial score (nSPS) is 49.6. The van der Waals surface area contributed by atoms with Gasteiger partial charge in [-0.15, -0.1) is 0 Å². The molecule has 0 amide bonds. The molecular weight excluding hydrogens is 254 g/mol. The summed E-state index contributed by atoms with van der Waals surface area (Å²) in [5, 5.41) is 11.3. The van der Waals surface area contributed by atoms with E-state index in [1.165, 1.54) is 19.4 Å². The predicted molar refractivity (Wildman–Crippen MR) is 75.6 cm³/mol. The van der Waals surface area contributed by atoms with Crippen LogP contribution in [0.4, 0.5) is 0 Å². The van der Waals surface area contributed by atoms with Gasteiger partial charge >= 0.3 is 0 Å². The van der Waals surface area contributed by atoms with Crippen LogP contribution >= 0.6 is 0 Å². The van der Waals surface area contributed by atoms with Gasteiger partial charge in [-0.2, -0.15) is 0 Å². The average Bonchev–Trinajstić information content (AvgIpc) is 3.08. The molecule has 0 aromatic heterocycles. The van der Waals surface area contributed by atoms with Crippen LogP contribution in [0.3, 0.4) is 0 Å². The Hall–Kier alpha value is -0.160. The maximum absolute atomic E-state index is 11.3. The van der Waals surface area contributed by atoms with Crippen LogP contribution in [0.25, 0.3) is 0 Å². The second-order valence-corrected chi connectivity index (χ2v) is 7.41. The van der Waals surface area contributed by atoms with Crippen molar-refractivity contribution in [3.8, 4) is 0 Å². The van der Waals surface area contributed by atoms with Gasteiger partial charge in [0.05, 0.1) is 17.8 Å². The van der Waals surface area contributed by atoms with E-state index in [2.05, 4.69) is 4.90 Å². The number of nitrogens with zero attached hydrogens (tertiary/aromatic N) is 1. The Morgan fingerprint density at radius 2 is 2.00 bits per heavy atom. The highest BCUT2D eigenvalue weighted by atomic mass is 16.6. The van der Waals surface area contributed by atoms with Crippen LogP contribution in [0.5, 0.6) is 0 Å². The number of fused-ring (bicyclic) bond motifs is 1. The lowest BCUT2D eigenvalue weighted by Crippen LogP contribution is -2.55. The minimum Gasteiger partial charge on any atom is -0.389 e. The molecule has 0 aromatic rings. The lowest BCUT2D eigenvalue weighted by molar-refractivity contribution is -0.159. The molecule has 4 unspecified atom stereocenters. The van der Waals surface area contributed by atoms with Gasteiger partial charge in [0, 0.05) is 32.2 Å². The van der Waals surface area contributed by atoms with Crippen molar-refractivity contribution >= 4 is 0 Å². The summed E-state index contributed by atoms with van der Waals surface area (Å²) in [4.78, 5) is 2.59. The highest BCUT2D eigenvalue weighted by Crippen LogP contribution is 2.45. The molecule has 114 valence electrons. The maximum Gasteiger partial charge on any atom is 0.0940 e. The zero-order valence-corrected chi connectivity index (χ0v) is 12.4. The molecular formula is C16H27NO3. The summed E-state index contributed by atoms with van der Waals surface area (Å²) in [5.74, 6) is 0.403. The van der Waals surface area contributed by atoms with E-state index in [0.29, 0.717) is 12.0 Å². The molecule has 0 radical (unpaired) electrons. The molecule has 4 aliphatic rings. The van der Waals surface area contributed by atoms with E-state index in [0.717, 1.165) is 58.5 Å². The highest BCUT2D eigenvalue weighted by Gasteiger charge is 2.50. The minimum atomic E-state index is -0.453. The molecule has 0 bridgehead atoms. The second-order valence-electron chi connectivity index (χ2n) is 7.41. The standard InChI is InChI=1S/C16H27NO3/c18-16(4-7-17-6-1-2-14(17)11-16)13-3-8-20-15(10-13)5-9-19-12-15/h13-14,18H,1-12H2. The average molecular weight is 281 g/mol. The molecule has 4 heterocycles. The van der Waals surface area contributed by atoms with Crippen LogP contribution in [0.1, 0.15) is 44.9 Å². The van der Waals surface area contributed by atoms with Gasteiger partial charge in [0.25, 0.3) is 0 Å². The smallest absolute Gasteiger partial charge is 0.0940 e. The van der Waals surface area contributed by atoms with Gasteiger partial charge in [0.2, 0.25) is 0 Å². The van der Waals surface area contributed by atoms with Crippen LogP contribution in [0.2, 0.25) is 0 Å². The Bertz CT molecular complexity index is 369. The van der Waals surface area contributed by atoms with E-state index in [1.54, 1.807) is 0 Å². The van der Waals surface area contributed by atoms with Crippen LogP contribution in [-0.2, 0) is 9.47 Å². The van der Waals surface area contributed by atoms with Gasteiger partial charge in [-0.25, -0.2) is 0 Å². The van der Waals surface area contributed by atoms with Gasteiger partial charge in [-0.1, -0.05) is 0 Å². The predicted octanol–water partition coefficient (Wildman–Crippen LogP) is 1.56. The van der Waals surface area contributed by atoms with Gasteiger partial charge < -0.3 is 19.5 Å². The number of aliphatic hydroxyl groups is 1. The number of hydrogen-bond acceptors (Lipinski definition) is 4. The lowest BCUT2D eigenvalue weighted by Gasteiger charge is -2.49. The zero-order valence-electron chi connectivity index (χ0n) is 12.4. The van der Waals surface area contributed by atoms with Crippen molar-refractivity contribution in [3.05, 3.63) is 0 Å². The topological polar surface area (TPSA) is 41.9 Å². The third kappa shape index (κ3) is 2.21. The summed E-state index contributed by atoms with van der Waals surface area (Å²) in [6.07, 6.45) is 7.54. The first-order valence-electron chi connectivity index (χ1n) is 8.37. The molecule has 4 nitrogen and oxygen atoms in total. The van der Waals surface area contributed by atoms with Gasteiger partial charge in [0.1, 0.15) is 0 Å². The number of hydrogen-bond donors (Lipinski definition) is 1. The van der Waals surface area contributed by atoms with Crippen molar-refractivity contribution < 1.29 is 14.6 Å². The Morgan fingerprint density at radius 1 is 1.05 bits per heavy atom. The van der Waals surface area contributed by atoms with E-state index < -0.39 is 5.60 Å². The van der Waals surface area contributed by atoms with Crippen LogP contribution in [0.15, 0.2) is 0 Å². The molecule has 4 rings (SSSR count). The summed E-state index contributed by atoms with van der Waals surface area (Å²) in [6.45, 7) is 4.68. The van der Waals surface area contributed by atoms with Crippen LogP contribution in [-0.4, -0.2) is 60.2 Å². The number of piperidine rings is 1. The third-order valence-corrected chi connectivity index (χ3v) is 6.24. The SMILES string of the molecule is OC1(C2CCOC3(CCOC3)C2)CCN2CCCC2C1. The van der Waals surface area contributed by atoms with E-state index in [4.69, 9.17) is 9.47 Å². The van der Waals surface area contributed by atoms with E-state index in [9.17, 15) is 5.11 Å². The quantitative estimate of drug-likeness (QED) is 0.792. The van der Waals surface area contributed by atoms with Crippen molar-refractivity contribution in [1.29, 1.82) is 0 Å². The minimum absolute atomic E-state index is 0.0779. The molecule has 1 N–H and O–H groups in total. The summed E-state index contributed by atoms with van der Waals surface area (Å²) in [7, 11) is 0. The first kappa shape index (κ1) is 13.5. The molecule has 4 fully saturated rings. The van der Waals surface area contributed by atoms with E-state index >= 15 is 0 Å². The fourth-order valence-electron chi connectivity index (χ4n) is 4.99. The lowest BCUT2D eigenvalue weighted by atomic mass is 9.70. The van der Waals surface area contributed by atoms with Gasteiger partial charge in [0.15, 0.2) is 0 Å². The Balaban J connectivity index is 1.48. The summed E-state index contributed by atoms with van der Waals surface area (Å²) in [6, 6.07) is 0.632. The first-order valence-corrected chi connectivity index (χ1v) is 8.37. The molecule has 20 heavy (non-hydrogen) atoms. The molecule has 0 saturated carbocycles. The van der Waals surface area contributed by atoms with Crippen molar-refractivity contribution in [3.63, 3.8) is 0 Å². The zero-order chi connectivity index (χ0) is 13.6. The summed E-state index contributed by atoms with van der Waals surface area (Å²) < 4.78 is 11.6. The Kier molecular flexibility index (Phi) is 3.33. The Morgan fingerprint density at radius 3 is 2.85 bits per heavy atom. The molecule has 4 atom stereocenters. The van der Waals surface area contributed by atoms with E-state index in [1.807, 2.05) is 0 Å². The number of rotatable bonds is 1. The van der Waals surface area contributed by atoms with Crippen molar-refractivity contribution in [2.75, 3.05) is 32.9 Å². The Labute approximate surface area is 121 Å². The van der Waals surface area contributed by atoms with E-state index in [-0.39, 0.29) is 5.60 Å². The van der Waals surface area contributed by atoms with Gasteiger partial charge in [-0.05, 0) is 51.0 Å². The molecule has 4 aliphatic heterocycles. The summed E-state index contributed by atoms with van der Waals surface area (Å²) >= 11 is 0.